The zero-order chi connectivity index (χ0) is 29.4. The summed E-state index contributed by atoms with van der Waals surface area (Å²) in [5.41, 5.74) is 3.90. The number of aliphatic hydroxyl groups is 1. The van der Waals surface area contributed by atoms with Crippen molar-refractivity contribution in [3.8, 4) is 0 Å². The highest BCUT2D eigenvalue weighted by Crippen LogP contribution is 2.37. The third kappa shape index (κ3) is 6.17. The number of anilines is 1. The van der Waals surface area contributed by atoms with Crippen LogP contribution in [0.3, 0.4) is 0 Å². The quantitative estimate of drug-likeness (QED) is 0.351. The Morgan fingerprint density at radius 1 is 1.17 bits per heavy atom. The van der Waals surface area contributed by atoms with E-state index in [1.54, 1.807) is 13.1 Å². The lowest BCUT2D eigenvalue weighted by atomic mass is 9.73. The van der Waals surface area contributed by atoms with Crippen molar-refractivity contribution >= 4 is 32.5 Å². The minimum atomic E-state index is -3.50. The fourth-order valence-corrected chi connectivity index (χ4v) is 7.72. The molecule has 222 valence electrons. The van der Waals surface area contributed by atoms with Gasteiger partial charge in [0.25, 0.3) is 5.91 Å². The smallest absolute Gasteiger partial charge is 0.251 e. The van der Waals surface area contributed by atoms with Gasteiger partial charge in [-0.15, -0.1) is 0 Å². The van der Waals surface area contributed by atoms with Gasteiger partial charge in [-0.1, -0.05) is 57.0 Å². The molecule has 1 aromatic heterocycles. The van der Waals surface area contributed by atoms with E-state index in [0.717, 1.165) is 34.9 Å². The van der Waals surface area contributed by atoms with Crippen molar-refractivity contribution in [2.45, 2.75) is 84.0 Å². The van der Waals surface area contributed by atoms with E-state index < -0.39 is 22.2 Å². The van der Waals surface area contributed by atoms with E-state index in [9.17, 15) is 18.3 Å². The first-order chi connectivity index (χ1) is 19.5. The Morgan fingerprint density at radius 2 is 1.93 bits per heavy atom. The molecule has 3 aromatic rings. The molecule has 1 unspecified atom stereocenters. The lowest BCUT2D eigenvalue weighted by molar-refractivity contribution is 0.0783. The lowest BCUT2D eigenvalue weighted by Gasteiger charge is -2.40. The van der Waals surface area contributed by atoms with Crippen molar-refractivity contribution in [3.05, 3.63) is 65.4 Å². The summed E-state index contributed by atoms with van der Waals surface area (Å²) in [7, 11) is -1.94. The number of carbonyl (C=O) groups excluding carboxylic acids is 1. The average molecular weight is 581 g/mol. The number of nitrogens with one attached hydrogen (secondary N) is 2. The second kappa shape index (κ2) is 11.8. The van der Waals surface area contributed by atoms with Crippen LogP contribution in [0.25, 0.3) is 10.9 Å². The molecule has 2 heterocycles. The van der Waals surface area contributed by atoms with Crippen LogP contribution in [0.15, 0.2) is 48.7 Å². The van der Waals surface area contributed by atoms with Crippen LogP contribution in [-0.4, -0.2) is 61.5 Å². The molecule has 1 saturated carbocycles. The minimum Gasteiger partial charge on any atom is -0.390 e. The van der Waals surface area contributed by atoms with Crippen LogP contribution in [0.4, 0.5) is 5.69 Å². The van der Waals surface area contributed by atoms with Gasteiger partial charge >= 0.3 is 0 Å². The molecule has 0 radical (unpaired) electrons. The van der Waals surface area contributed by atoms with Gasteiger partial charge < -0.3 is 20.3 Å². The summed E-state index contributed by atoms with van der Waals surface area (Å²) >= 11 is 0. The maximum absolute atomic E-state index is 13.8. The molecule has 0 spiro atoms. The third-order valence-electron chi connectivity index (χ3n) is 9.19. The van der Waals surface area contributed by atoms with Crippen LogP contribution in [0.1, 0.15) is 67.9 Å². The van der Waals surface area contributed by atoms with Gasteiger partial charge in [0.05, 0.1) is 29.1 Å². The molecule has 8 nitrogen and oxygen atoms in total. The number of nitrogens with zero attached hydrogens (tertiary/aromatic N) is 2. The van der Waals surface area contributed by atoms with Gasteiger partial charge in [0.15, 0.2) is 0 Å². The highest BCUT2D eigenvalue weighted by Gasteiger charge is 2.33. The van der Waals surface area contributed by atoms with Crippen molar-refractivity contribution in [2.24, 2.45) is 5.41 Å². The number of benzene rings is 2. The van der Waals surface area contributed by atoms with Crippen molar-refractivity contribution in [3.63, 3.8) is 0 Å². The normalized spacial score (nSPS) is 21.3. The molecule has 2 aromatic carbocycles. The predicted octanol–water partition coefficient (Wildman–Crippen LogP) is 4.24. The van der Waals surface area contributed by atoms with Crippen LogP contribution >= 0.6 is 0 Å². The Morgan fingerprint density at radius 3 is 2.63 bits per heavy atom. The molecule has 1 aliphatic carbocycles. The summed E-state index contributed by atoms with van der Waals surface area (Å²) in [4.78, 5) is 13.8. The Balaban J connectivity index is 1.43. The summed E-state index contributed by atoms with van der Waals surface area (Å²) in [6.45, 7) is 7.67. The molecule has 1 fully saturated rings. The minimum absolute atomic E-state index is 0.0265. The van der Waals surface area contributed by atoms with Crippen molar-refractivity contribution in [1.29, 1.82) is 0 Å². The van der Waals surface area contributed by atoms with Crippen LogP contribution in [0.2, 0.25) is 0 Å². The number of hydrogen-bond acceptors (Lipinski definition) is 5. The zero-order valence-corrected chi connectivity index (χ0v) is 25.5. The Kier molecular flexibility index (Phi) is 8.51. The highest BCUT2D eigenvalue weighted by atomic mass is 32.2. The van der Waals surface area contributed by atoms with Crippen LogP contribution < -0.4 is 14.9 Å². The molecule has 5 rings (SSSR count). The van der Waals surface area contributed by atoms with Crippen molar-refractivity contribution in [1.82, 2.24) is 15.2 Å². The maximum Gasteiger partial charge on any atom is 0.251 e. The standard InChI is InChI=1S/C32H44N4O4S/c1-5-36-21-23-14-16-41(39,40)35(4)26-18-24(19-27(36)30(23)26)31(38)34-25(17-22-11-7-6-8-12-22)28(37)20-33-29-13-9-10-15-32(29,2)3/h6-8,11-12,18-19,21,25,28-29,33,37H,5,9-10,13-17,20H2,1-4H3,(H,34,38)/t25-,28+,29?/m0/s1. The SMILES string of the molecule is CCn1cc2c3c(cc(C(=O)N[C@@H](Cc4ccccc4)[C@H](O)CNC4CCCCC4(C)C)cc31)N(C)S(=O)(=O)CC2. The Hall–Kier alpha value is -2.88. The first kappa shape index (κ1) is 29.6. The van der Waals surface area contributed by atoms with E-state index in [0.29, 0.717) is 43.2 Å². The van der Waals surface area contributed by atoms with Gasteiger partial charge in [0.2, 0.25) is 10.0 Å². The zero-order valence-electron chi connectivity index (χ0n) is 24.7. The van der Waals surface area contributed by atoms with Gasteiger partial charge in [0.1, 0.15) is 0 Å². The first-order valence-corrected chi connectivity index (χ1v) is 16.5. The molecule has 1 amide bonds. The fraction of sp³-hybridized carbons (Fsp3) is 0.531. The summed E-state index contributed by atoms with van der Waals surface area (Å²) < 4.78 is 29.3. The third-order valence-corrected chi connectivity index (χ3v) is 10.9. The molecule has 0 bridgehead atoms. The molecule has 1 aliphatic heterocycles. The summed E-state index contributed by atoms with van der Waals surface area (Å²) in [5, 5.41) is 19.0. The van der Waals surface area contributed by atoms with E-state index in [1.165, 1.54) is 17.1 Å². The summed E-state index contributed by atoms with van der Waals surface area (Å²) in [6, 6.07) is 13.2. The average Bonchev–Trinajstić information content (AvgIpc) is 3.28. The van der Waals surface area contributed by atoms with Crippen molar-refractivity contribution in [2.75, 3.05) is 23.7 Å². The second-order valence-corrected chi connectivity index (χ2v) is 14.5. The van der Waals surface area contributed by atoms with E-state index in [1.807, 2.05) is 49.5 Å². The van der Waals surface area contributed by atoms with Crippen LogP contribution in [0.5, 0.6) is 0 Å². The number of rotatable bonds is 9. The van der Waals surface area contributed by atoms with Gasteiger partial charge in [-0.05, 0) is 61.3 Å². The Labute approximate surface area is 244 Å². The molecule has 3 N–H and O–H groups in total. The van der Waals surface area contributed by atoms with Crippen LogP contribution in [0, 0.1) is 5.41 Å². The molecule has 2 aliphatic rings. The molecular formula is C32H44N4O4S. The Bertz CT molecular complexity index is 1500. The van der Waals surface area contributed by atoms with E-state index >= 15 is 0 Å². The topological polar surface area (TPSA) is 104 Å². The van der Waals surface area contributed by atoms with E-state index in [2.05, 4.69) is 29.0 Å². The largest absolute Gasteiger partial charge is 0.390 e. The highest BCUT2D eigenvalue weighted by molar-refractivity contribution is 7.92. The van der Waals surface area contributed by atoms with Crippen LogP contribution in [-0.2, 0) is 29.4 Å². The van der Waals surface area contributed by atoms with Gasteiger partial charge in [-0.25, -0.2) is 8.42 Å². The maximum atomic E-state index is 13.8. The monoisotopic (exact) mass is 580 g/mol. The number of aromatic nitrogens is 1. The van der Waals surface area contributed by atoms with E-state index in [-0.39, 0.29) is 17.1 Å². The lowest BCUT2D eigenvalue weighted by Crippen LogP contribution is -2.52. The first-order valence-electron chi connectivity index (χ1n) is 14.9. The number of hydrogen-bond donors (Lipinski definition) is 3. The number of carbonyl (C=O) groups is 1. The number of aliphatic hydroxyl groups excluding tert-OH is 1. The predicted molar refractivity (Wildman–Crippen MR) is 165 cm³/mol. The molecule has 41 heavy (non-hydrogen) atoms. The number of amides is 1. The number of sulfonamides is 1. The summed E-state index contributed by atoms with van der Waals surface area (Å²) in [5.74, 6) is -0.305. The second-order valence-electron chi connectivity index (χ2n) is 12.4. The molecule has 9 heteroatoms. The molecule has 0 saturated heterocycles. The van der Waals surface area contributed by atoms with Gasteiger partial charge in [0, 0.05) is 43.3 Å². The van der Waals surface area contributed by atoms with Gasteiger partial charge in [-0.2, -0.15) is 0 Å². The molecule has 3 atom stereocenters. The van der Waals surface area contributed by atoms with Crippen molar-refractivity contribution < 1.29 is 18.3 Å². The summed E-state index contributed by atoms with van der Waals surface area (Å²) in [6.07, 6.45) is 6.74. The molecular weight excluding hydrogens is 536 g/mol. The van der Waals surface area contributed by atoms with Gasteiger partial charge in [-0.3, -0.25) is 9.10 Å². The van der Waals surface area contributed by atoms with E-state index in [4.69, 9.17) is 0 Å². The number of aryl methyl sites for hydroxylation is 2. The fourth-order valence-electron chi connectivity index (χ4n) is 6.53.